The number of Topliss-reactive ketones (excluding diaryl/α,β-unsaturated/α-hetero) is 1. The lowest BCUT2D eigenvalue weighted by atomic mass is 9.73. The van der Waals surface area contributed by atoms with E-state index >= 15 is 0 Å². The number of nitrogens with zero attached hydrogens (tertiary/aromatic N) is 3. The monoisotopic (exact) mass is 387 g/mol. The van der Waals surface area contributed by atoms with Crippen LogP contribution < -0.4 is 10.6 Å². The van der Waals surface area contributed by atoms with E-state index in [9.17, 15) is 4.79 Å². The number of aromatic nitrogens is 2. The summed E-state index contributed by atoms with van der Waals surface area (Å²) < 4.78 is 5.77. The van der Waals surface area contributed by atoms with Gasteiger partial charge in [-0.05, 0) is 35.6 Å². The average Bonchev–Trinajstić information content (AvgIpc) is 3.09. The van der Waals surface area contributed by atoms with Crippen LogP contribution in [0.4, 0.5) is 6.01 Å². The first-order valence-corrected chi connectivity index (χ1v) is 9.62. The fourth-order valence-corrected chi connectivity index (χ4v) is 4.00. The molecule has 0 bridgehead atoms. The fourth-order valence-electron chi connectivity index (χ4n) is 4.00. The predicted octanol–water partition coefficient (Wildman–Crippen LogP) is 3.98. The number of aliphatic imine (C=N–C) groups is 1. The molecule has 0 radical (unpaired) electrons. The summed E-state index contributed by atoms with van der Waals surface area (Å²) in [4.78, 5) is 26.4. The van der Waals surface area contributed by atoms with E-state index in [1.54, 1.807) is 12.4 Å². The third-order valence-electron chi connectivity index (χ3n) is 5.24. The van der Waals surface area contributed by atoms with Gasteiger partial charge >= 0.3 is 6.01 Å². The highest BCUT2D eigenvalue weighted by Crippen LogP contribution is 2.42. The SMILES string of the molecule is CC1(C)CC(=O)C2=C(C1)NC(Nc1nc3ccccc3o1)=N[C@H]2c1cccnc1. The molecule has 0 saturated carbocycles. The summed E-state index contributed by atoms with van der Waals surface area (Å²) in [6.07, 6.45) is 4.74. The van der Waals surface area contributed by atoms with Crippen LogP contribution >= 0.6 is 0 Å². The van der Waals surface area contributed by atoms with Crippen molar-refractivity contribution in [2.45, 2.75) is 32.7 Å². The Morgan fingerprint density at radius 1 is 1.17 bits per heavy atom. The summed E-state index contributed by atoms with van der Waals surface area (Å²) >= 11 is 0. The number of rotatable bonds is 2. The number of para-hydroxylation sites is 2. The van der Waals surface area contributed by atoms with E-state index in [0.717, 1.165) is 28.8 Å². The van der Waals surface area contributed by atoms with E-state index in [-0.39, 0.29) is 11.2 Å². The second kappa shape index (κ2) is 6.55. The van der Waals surface area contributed by atoms with Gasteiger partial charge in [-0.25, -0.2) is 4.99 Å². The van der Waals surface area contributed by atoms with Crippen LogP contribution in [0.25, 0.3) is 11.1 Å². The zero-order chi connectivity index (χ0) is 20.0. The summed E-state index contributed by atoms with van der Waals surface area (Å²) in [5, 5.41) is 6.45. The summed E-state index contributed by atoms with van der Waals surface area (Å²) in [5.74, 6) is 0.636. The van der Waals surface area contributed by atoms with E-state index in [4.69, 9.17) is 9.41 Å². The maximum atomic E-state index is 13.0. The molecule has 2 aliphatic rings. The Morgan fingerprint density at radius 3 is 2.83 bits per heavy atom. The topological polar surface area (TPSA) is 92.4 Å². The molecule has 1 aliphatic heterocycles. The number of carbonyl (C=O) groups excluding carboxylic acids is 1. The highest BCUT2D eigenvalue weighted by atomic mass is 16.4. The maximum absolute atomic E-state index is 13.0. The second-order valence-corrected chi connectivity index (χ2v) is 8.24. The number of fused-ring (bicyclic) bond motifs is 1. The van der Waals surface area contributed by atoms with Crippen molar-refractivity contribution in [3.63, 3.8) is 0 Å². The van der Waals surface area contributed by atoms with E-state index in [1.165, 1.54) is 0 Å². The maximum Gasteiger partial charge on any atom is 0.302 e. The minimum absolute atomic E-state index is 0.109. The van der Waals surface area contributed by atoms with Crippen LogP contribution in [0, 0.1) is 5.41 Å². The Kier molecular flexibility index (Phi) is 3.97. The number of nitrogens with one attached hydrogen (secondary N) is 2. The molecule has 1 aromatic carbocycles. The van der Waals surface area contributed by atoms with Crippen LogP contribution in [0.2, 0.25) is 0 Å². The number of benzene rings is 1. The summed E-state index contributed by atoms with van der Waals surface area (Å²) in [5.41, 5.74) is 3.86. The van der Waals surface area contributed by atoms with Gasteiger partial charge in [0.05, 0.1) is 0 Å². The van der Waals surface area contributed by atoms with Gasteiger partial charge < -0.3 is 9.73 Å². The molecule has 146 valence electrons. The highest BCUT2D eigenvalue weighted by Gasteiger charge is 2.39. The zero-order valence-corrected chi connectivity index (χ0v) is 16.3. The minimum Gasteiger partial charge on any atom is -0.423 e. The third kappa shape index (κ3) is 3.29. The van der Waals surface area contributed by atoms with Gasteiger partial charge in [0.25, 0.3) is 0 Å². The quantitative estimate of drug-likeness (QED) is 0.691. The van der Waals surface area contributed by atoms with Crippen molar-refractivity contribution in [1.29, 1.82) is 0 Å². The van der Waals surface area contributed by atoms with Crippen LogP contribution in [0.1, 0.15) is 38.3 Å². The molecule has 0 spiro atoms. The van der Waals surface area contributed by atoms with E-state index in [2.05, 4.69) is 34.4 Å². The van der Waals surface area contributed by atoms with Crippen LogP contribution in [0.3, 0.4) is 0 Å². The van der Waals surface area contributed by atoms with Gasteiger partial charge in [0.2, 0.25) is 5.96 Å². The molecule has 2 aromatic heterocycles. The largest absolute Gasteiger partial charge is 0.423 e. The van der Waals surface area contributed by atoms with Crippen molar-refractivity contribution < 1.29 is 9.21 Å². The molecule has 0 amide bonds. The molecule has 0 fully saturated rings. The number of hydrogen-bond donors (Lipinski definition) is 2. The van der Waals surface area contributed by atoms with E-state index in [0.29, 0.717) is 24.0 Å². The molecule has 1 aliphatic carbocycles. The molecule has 0 unspecified atom stereocenters. The van der Waals surface area contributed by atoms with Gasteiger partial charge in [-0.2, -0.15) is 4.98 Å². The Hall–Kier alpha value is -3.48. The average molecular weight is 387 g/mol. The molecule has 1 atom stereocenters. The molecule has 0 saturated heterocycles. The van der Waals surface area contributed by atoms with Crippen molar-refractivity contribution in [2.24, 2.45) is 10.4 Å². The molecule has 5 rings (SSSR count). The van der Waals surface area contributed by atoms with Gasteiger partial charge in [-0.15, -0.1) is 0 Å². The Morgan fingerprint density at radius 2 is 2.03 bits per heavy atom. The standard InChI is InChI=1S/C22H21N5O2/c1-22(2)10-15-18(16(28)11-22)19(13-6-5-9-23-12-13)26-20(24-15)27-21-25-14-7-3-4-8-17(14)29-21/h3-9,12,19H,10-11H2,1-2H3,(H2,24,25,26,27)/t19-/m0/s1. The van der Waals surface area contributed by atoms with Gasteiger partial charge in [0, 0.05) is 30.1 Å². The van der Waals surface area contributed by atoms with Crippen molar-refractivity contribution in [3.05, 3.63) is 65.6 Å². The number of allylic oxidation sites excluding steroid dienone is 1. The van der Waals surface area contributed by atoms with Crippen molar-refractivity contribution >= 4 is 28.9 Å². The van der Waals surface area contributed by atoms with Gasteiger partial charge in [-0.1, -0.05) is 32.0 Å². The van der Waals surface area contributed by atoms with Gasteiger partial charge in [-0.3, -0.25) is 15.1 Å². The first-order chi connectivity index (χ1) is 14.0. The number of guanidine groups is 1. The second-order valence-electron chi connectivity index (χ2n) is 8.24. The molecule has 3 heterocycles. The summed E-state index contributed by atoms with van der Waals surface area (Å²) in [6.45, 7) is 4.21. The zero-order valence-electron chi connectivity index (χ0n) is 16.3. The van der Waals surface area contributed by atoms with Crippen molar-refractivity contribution in [1.82, 2.24) is 15.3 Å². The van der Waals surface area contributed by atoms with Crippen LogP contribution in [-0.4, -0.2) is 21.7 Å². The lowest BCUT2D eigenvalue weighted by Gasteiger charge is -2.37. The van der Waals surface area contributed by atoms with Gasteiger partial charge in [0.15, 0.2) is 11.4 Å². The molecular formula is C22H21N5O2. The number of anilines is 1. The number of hydrogen-bond acceptors (Lipinski definition) is 7. The van der Waals surface area contributed by atoms with E-state index < -0.39 is 6.04 Å². The predicted molar refractivity (Wildman–Crippen MR) is 110 cm³/mol. The van der Waals surface area contributed by atoms with E-state index in [1.807, 2.05) is 36.4 Å². The first-order valence-electron chi connectivity index (χ1n) is 9.62. The first kappa shape index (κ1) is 17.6. The van der Waals surface area contributed by atoms with Crippen molar-refractivity contribution in [3.8, 4) is 0 Å². The molecule has 7 heteroatoms. The highest BCUT2D eigenvalue weighted by molar-refractivity contribution is 6.03. The number of carbonyl (C=O) groups is 1. The van der Waals surface area contributed by atoms with Gasteiger partial charge in [0.1, 0.15) is 11.6 Å². The molecule has 7 nitrogen and oxygen atoms in total. The number of pyridine rings is 1. The molecular weight excluding hydrogens is 366 g/mol. The third-order valence-corrected chi connectivity index (χ3v) is 5.24. The lowest BCUT2D eigenvalue weighted by molar-refractivity contribution is -0.118. The fraction of sp³-hybridized carbons (Fsp3) is 0.273. The number of ketones is 1. The normalized spacial score (nSPS) is 20.8. The smallest absolute Gasteiger partial charge is 0.302 e. The molecule has 29 heavy (non-hydrogen) atoms. The van der Waals surface area contributed by atoms with Crippen LogP contribution in [-0.2, 0) is 4.79 Å². The molecule has 2 N–H and O–H groups in total. The molecule has 3 aromatic rings. The van der Waals surface area contributed by atoms with Crippen LogP contribution in [0.5, 0.6) is 0 Å². The lowest BCUT2D eigenvalue weighted by Crippen LogP contribution is -2.41. The Bertz CT molecular complexity index is 1130. The van der Waals surface area contributed by atoms with Crippen molar-refractivity contribution in [2.75, 3.05) is 5.32 Å². The summed E-state index contributed by atoms with van der Waals surface area (Å²) in [6, 6.07) is 11.3. The number of oxazole rings is 1. The summed E-state index contributed by atoms with van der Waals surface area (Å²) in [7, 11) is 0. The minimum atomic E-state index is -0.407. The Labute approximate surface area is 168 Å². The Balaban J connectivity index is 1.54. The van der Waals surface area contributed by atoms with Crippen LogP contribution in [0.15, 0.2) is 69.5 Å².